The van der Waals surface area contributed by atoms with Gasteiger partial charge in [-0.15, -0.1) is 11.3 Å². The van der Waals surface area contributed by atoms with Crippen molar-refractivity contribution < 1.29 is 24.0 Å². The highest BCUT2D eigenvalue weighted by atomic mass is 32.1. The van der Waals surface area contributed by atoms with Gasteiger partial charge in [-0.1, -0.05) is 6.92 Å². The molecule has 0 spiro atoms. The third kappa shape index (κ3) is 4.76. The number of morpholine rings is 1. The van der Waals surface area contributed by atoms with Crippen LogP contribution in [-0.2, 0) is 20.7 Å². The van der Waals surface area contributed by atoms with Crippen LogP contribution in [-0.4, -0.2) is 50.8 Å². The fourth-order valence-corrected chi connectivity index (χ4v) is 3.90. The minimum absolute atomic E-state index is 0.0871. The summed E-state index contributed by atoms with van der Waals surface area (Å²) in [5, 5.41) is 3.45. The average molecular weight is 341 g/mol. The number of hydrogen-bond acceptors (Lipinski definition) is 5. The van der Waals surface area contributed by atoms with Gasteiger partial charge < -0.3 is 19.7 Å². The number of quaternary nitrogens is 1. The van der Waals surface area contributed by atoms with Crippen molar-refractivity contribution in [3.05, 3.63) is 16.5 Å². The Bertz CT molecular complexity index is 562. The largest absolute Gasteiger partial charge is 0.465 e. The van der Waals surface area contributed by atoms with Crippen LogP contribution in [0.3, 0.4) is 0 Å². The fourth-order valence-electron chi connectivity index (χ4n) is 2.90. The van der Waals surface area contributed by atoms with E-state index in [0.29, 0.717) is 17.1 Å². The van der Waals surface area contributed by atoms with Gasteiger partial charge in [-0.3, -0.25) is 4.79 Å². The van der Waals surface area contributed by atoms with Crippen molar-refractivity contribution in [1.82, 2.24) is 0 Å². The summed E-state index contributed by atoms with van der Waals surface area (Å²) < 4.78 is 10.5. The molecule has 0 radical (unpaired) electrons. The molecule has 0 saturated carbocycles. The second-order valence-electron chi connectivity index (χ2n) is 5.94. The van der Waals surface area contributed by atoms with Crippen LogP contribution in [0.2, 0.25) is 0 Å². The van der Waals surface area contributed by atoms with E-state index in [9.17, 15) is 9.59 Å². The third-order valence-electron chi connectivity index (χ3n) is 3.82. The van der Waals surface area contributed by atoms with Crippen LogP contribution in [0.5, 0.6) is 0 Å². The zero-order valence-electron chi connectivity index (χ0n) is 14.1. The molecule has 6 nitrogen and oxygen atoms in total. The Morgan fingerprint density at radius 1 is 1.39 bits per heavy atom. The first-order valence-corrected chi connectivity index (χ1v) is 8.74. The van der Waals surface area contributed by atoms with Crippen molar-refractivity contribution in [1.29, 1.82) is 0 Å². The maximum Gasteiger partial charge on any atom is 0.340 e. The van der Waals surface area contributed by atoms with Gasteiger partial charge in [-0.2, -0.15) is 0 Å². The molecule has 0 aliphatic carbocycles. The zero-order chi connectivity index (χ0) is 17.0. The number of methoxy groups -OCH3 is 1. The quantitative estimate of drug-likeness (QED) is 0.775. The Morgan fingerprint density at radius 3 is 2.61 bits per heavy atom. The second-order valence-corrected chi connectivity index (χ2v) is 7.08. The summed E-state index contributed by atoms with van der Waals surface area (Å²) in [5.74, 6) is -0.506. The number of hydrogen-bond donors (Lipinski definition) is 2. The summed E-state index contributed by atoms with van der Waals surface area (Å²) in [6, 6.07) is 1.79. The summed E-state index contributed by atoms with van der Waals surface area (Å²) in [7, 11) is 1.35. The Labute approximate surface area is 140 Å². The van der Waals surface area contributed by atoms with Crippen LogP contribution in [0, 0.1) is 0 Å². The number of ether oxygens (including phenoxy) is 2. The monoisotopic (exact) mass is 341 g/mol. The highest BCUT2D eigenvalue weighted by Crippen LogP contribution is 2.29. The van der Waals surface area contributed by atoms with Gasteiger partial charge in [-0.05, 0) is 26.3 Å². The van der Waals surface area contributed by atoms with Crippen LogP contribution < -0.4 is 10.2 Å². The molecule has 128 valence electrons. The number of esters is 1. The molecule has 1 aromatic rings. The Hall–Kier alpha value is -1.44. The summed E-state index contributed by atoms with van der Waals surface area (Å²) in [4.78, 5) is 26.4. The van der Waals surface area contributed by atoms with Gasteiger partial charge in [0.1, 0.15) is 30.3 Å². The standard InChI is InChI=1S/C16H24N2O4S/c1-5-12-6-13(16(20)21-4)15(23-12)17-14(19)9-18-7-10(2)22-11(3)8-18/h6,10-11H,5,7-9H2,1-4H3,(H,17,19)/p+1/t10-,11-/m1/s1. The summed E-state index contributed by atoms with van der Waals surface area (Å²) in [6.07, 6.45) is 1.12. The van der Waals surface area contributed by atoms with Crippen LogP contribution in [0.4, 0.5) is 5.00 Å². The highest BCUT2D eigenvalue weighted by Gasteiger charge is 2.28. The molecule has 2 atom stereocenters. The van der Waals surface area contributed by atoms with E-state index in [0.717, 1.165) is 24.4 Å². The number of amides is 1. The van der Waals surface area contributed by atoms with E-state index >= 15 is 0 Å². The van der Waals surface area contributed by atoms with Crippen molar-refractivity contribution in [3.8, 4) is 0 Å². The van der Waals surface area contributed by atoms with Crippen LogP contribution in [0.25, 0.3) is 0 Å². The zero-order valence-corrected chi connectivity index (χ0v) is 14.9. The van der Waals surface area contributed by atoms with Gasteiger partial charge in [0.25, 0.3) is 5.91 Å². The minimum Gasteiger partial charge on any atom is -0.465 e. The molecule has 1 fully saturated rings. The maximum absolute atomic E-state index is 12.3. The number of nitrogens with one attached hydrogen (secondary N) is 2. The number of carbonyl (C=O) groups is 2. The van der Waals surface area contributed by atoms with Crippen molar-refractivity contribution >= 4 is 28.2 Å². The van der Waals surface area contributed by atoms with Gasteiger partial charge in [0, 0.05) is 4.88 Å². The predicted molar refractivity (Wildman–Crippen MR) is 89.2 cm³/mol. The van der Waals surface area contributed by atoms with Crippen LogP contribution in [0.15, 0.2) is 6.07 Å². The SMILES string of the molecule is CCc1cc(C(=O)OC)c(NC(=O)C[NH+]2C[C@@H](C)O[C@H](C)C2)s1. The van der Waals surface area contributed by atoms with E-state index in [1.54, 1.807) is 6.07 Å². The molecule has 1 saturated heterocycles. The average Bonchev–Trinajstić information content (AvgIpc) is 2.88. The van der Waals surface area contributed by atoms with E-state index in [4.69, 9.17) is 9.47 Å². The molecule has 1 aliphatic heterocycles. The predicted octanol–water partition coefficient (Wildman–Crippen LogP) is 0.728. The van der Waals surface area contributed by atoms with Crippen molar-refractivity contribution in [2.24, 2.45) is 0 Å². The van der Waals surface area contributed by atoms with E-state index in [-0.39, 0.29) is 18.1 Å². The van der Waals surface area contributed by atoms with E-state index in [1.165, 1.54) is 23.3 Å². The lowest BCUT2D eigenvalue weighted by Gasteiger charge is -2.31. The highest BCUT2D eigenvalue weighted by molar-refractivity contribution is 7.16. The smallest absolute Gasteiger partial charge is 0.340 e. The third-order valence-corrected chi connectivity index (χ3v) is 5.01. The molecule has 0 aromatic carbocycles. The topological polar surface area (TPSA) is 69.1 Å². The molecular weight excluding hydrogens is 316 g/mol. The second kappa shape index (κ2) is 7.90. The van der Waals surface area contributed by atoms with Gasteiger partial charge in [0.2, 0.25) is 0 Å². The molecule has 23 heavy (non-hydrogen) atoms. The lowest BCUT2D eigenvalue weighted by molar-refractivity contribution is -0.907. The Morgan fingerprint density at radius 2 is 2.04 bits per heavy atom. The molecule has 2 rings (SSSR count). The first-order valence-electron chi connectivity index (χ1n) is 7.92. The number of thiophene rings is 1. The number of aryl methyl sites for hydroxylation is 1. The lowest BCUT2D eigenvalue weighted by Crippen LogP contribution is -3.16. The molecule has 0 unspecified atom stereocenters. The number of carbonyl (C=O) groups excluding carboxylic acids is 2. The number of rotatable bonds is 5. The minimum atomic E-state index is -0.419. The normalized spacial score (nSPS) is 24.3. The van der Waals surface area contributed by atoms with Gasteiger partial charge in [0.15, 0.2) is 6.54 Å². The summed E-state index contributed by atoms with van der Waals surface area (Å²) >= 11 is 1.43. The van der Waals surface area contributed by atoms with Gasteiger partial charge >= 0.3 is 5.97 Å². The summed E-state index contributed by atoms with van der Waals surface area (Å²) in [5.41, 5.74) is 0.432. The molecule has 1 amide bonds. The van der Waals surface area contributed by atoms with Gasteiger partial charge in [-0.25, -0.2) is 4.79 Å². The van der Waals surface area contributed by atoms with E-state index in [1.807, 2.05) is 20.8 Å². The summed E-state index contributed by atoms with van der Waals surface area (Å²) in [6.45, 7) is 8.06. The number of anilines is 1. The van der Waals surface area contributed by atoms with Crippen LogP contribution >= 0.6 is 11.3 Å². The molecule has 0 bridgehead atoms. The van der Waals surface area contributed by atoms with Crippen molar-refractivity contribution in [2.75, 3.05) is 32.1 Å². The maximum atomic E-state index is 12.3. The Balaban J connectivity index is 2.02. The van der Waals surface area contributed by atoms with Crippen molar-refractivity contribution in [3.63, 3.8) is 0 Å². The molecule has 2 N–H and O–H groups in total. The van der Waals surface area contributed by atoms with Gasteiger partial charge in [0.05, 0.1) is 12.7 Å². The molecular formula is C16H25N2O4S+. The lowest BCUT2D eigenvalue weighted by atomic mass is 10.2. The fraction of sp³-hybridized carbons (Fsp3) is 0.625. The van der Waals surface area contributed by atoms with Crippen LogP contribution in [0.1, 0.15) is 36.0 Å². The van der Waals surface area contributed by atoms with E-state index in [2.05, 4.69) is 5.32 Å². The molecule has 1 aromatic heterocycles. The molecule has 7 heteroatoms. The van der Waals surface area contributed by atoms with Crippen molar-refractivity contribution in [2.45, 2.75) is 39.4 Å². The van der Waals surface area contributed by atoms with E-state index < -0.39 is 5.97 Å². The first-order chi connectivity index (χ1) is 10.9. The molecule has 1 aliphatic rings. The Kier molecular flexibility index (Phi) is 6.15. The first kappa shape index (κ1) is 17.9. The molecule has 2 heterocycles.